The molecular formula is C16H15FN2O5S. The summed E-state index contributed by atoms with van der Waals surface area (Å²) in [6.07, 6.45) is 3.32. The lowest BCUT2D eigenvalue weighted by molar-refractivity contribution is 0.0691. The first kappa shape index (κ1) is 17.3. The van der Waals surface area contributed by atoms with Gasteiger partial charge in [-0.3, -0.25) is 4.98 Å². The molecule has 0 spiro atoms. The van der Waals surface area contributed by atoms with Gasteiger partial charge in [-0.05, 0) is 36.8 Å². The summed E-state index contributed by atoms with van der Waals surface area (Å²) in [5.74, 6) is -1.91. The summed E-state index contributed by atoms with van der Waals surface area (Å²) < 4.78 is 45.7. The summed E-state index contributed by atoms with van der Waals surface area (Å²) in [7, 11) is -3.93. The van der Waals surface area contributed by atoms with E-state index in [0.29, 0.717) is 12.2 Å². The SMILES string of the molecule is O=C(O)c1cc(S(=O)(=O)N2CC[C@H](Oc3ccncc3)C2)ccc1F. The van der Waals surface area contributed by atoms with E-state index in [9.17, 15) is 17.6 Å². The number of nitrogens with zero attached hydrogens (tertiary/aromatic N) is 2. The van der Waals surface area contributed by atoms with Gasteiger partial charge in [-0.2, -0.15) is 4.31 Å². The van der Waals surface area contributed by atoms with Crippen molar-refractivity contribution in [3.8, 4) is 5.75 Å². The molecule has 1 aliphatic heterocycles. The third kappa shape index (κ3) is 3.62. The fourth-order valence-electron chi connectivity index (χ4n) is 2.60. The van der Waals surface area contributed by atoms with Gasteiger partial charge in [-0.1, -0.05) is 0 Å². The molecule has 1 aromatic heterocycles. The fourth-order valence-corrected chi connectivity index (χ4v) is 4.11. The molecule has 1 atom stereocenters. The Balaban J connectivity index is 1.77. The number of pyridine rings is 1. The van der Waals surface area contributed by atoms with Gasteiger partial charge < -0.3 is 9.84 Å². The molecule has 2 aromatic rings. The van der Waals surface area contributed by atoms with Gasteiger partial charge in [0.2, 0.25) is 10.0 Å². The number of aromatic nitrogens is 1. The zero-order chi connectivity index (χ0) is 18.0. The van der Waals surface area contributed by atoms with Crippen molar-refractivity contribution >= 4 is 16.0 Å². The minimum Gasteiger partial charge on any atom is -0.489 e. The van der Waals surface area contributed by atoms with E-state index in [4.69, 9.17) is 9.84 Å². The molecule has 9 heteroatoms. The van der Waals surface area contributed by atoms with Crippen LogP contribution in [0.25, 0.3) is 0 Å². The third-order valence-corrected chi connectivity index (χ3v) is 5.73. The van der Waals surface area contributed by atoms with Crippen molar-refractivity contribution < 1.29 is 27.4 Å². The molecule has 0 bridgehead atoms. The monoisotopic (exact) mass is 366 g/mol. The second-order valence-corrected chi connectivity index (χ2v) is 7.46. The molecule has 7 nitrogen and oxygen atoms in total. The Morgan fingerprint density at radius 2 is 2.00 bits per heavy atom. The molecule has 132 valence electrons. The Kier molecular flexibility index (Phi) is 4.69. The van der Waals surface area contributed by atoms with E-state index in [1.165, 1.54) is 4.31 Å². The summed E-state index contributed by atoms with van der Waals surface area (Å²) in [5, 5.41) is 8.95. The molecule has 2 heterocycles. The standard InChI is InChI=1S/C16H15FN2O5S/c17-15-2-1-13(9-14(15)16(20)21)25(22,23)19-8-5-12(10-19)24-11-3-6-18-7-4-11/h1-4,6-7,9,12H,5,8,10H2,(H,20,21)/t12-/m0/s1. The van der Waals surface area contributed by atoms with Crippen molar-refractivity contribution in [1.29, 1.82) is 0 Å². The second-order valence-electron chi connectivity index (χ2n) is 5.52. The van der Waals surface area contributed by atoms with Crippen LogP contribution < -0.4 is 4.74 Å². The van der Waals surface area contributed by atoms with Crippen molar-refractivity contribution in [2.24, 2.45) is 0 Å². The average Bonchev–Trinajstić information content (AvgIpc) is 3.05. The highest BCUT2D eigenvalue weighted by Crippen LogP contribution is 2.25. The smallest absolute Gasteiger partial charge is 0.338 e. The lowest BCUT2D eigenvalue weighted by atomic mass is 10.2. The van der Waals surface area contributed by atoms with E-state index in [1.807, 2.05) is 0 Å². The lowest BCUT2D eigenvalue weighted by Crippen LogP contribution is -2.31. The molecule has 0 radical (unpaired) electrons. The zero-order valence-corrected chi connectivity index (χ0v) is 13.8. The maximum atomic E-state index is 13.5. The van der Waals surface area contributed by atoms with Gasteiger partial charge in [0.05, 0.1) is 17.0 Å². The maximum absolute atomic E-state index is 13.5. The number of rotatable bonds is 5. The molecule has 0 aliphatic carbocycles. The molecule has 1 aromatic carbocycles. The Morgan fingerprint density at radius 1 is 1.28 bits per heavy atom. The molecule has 1 saturated heterocycles. The highest BCUT2D eigenvalue weighted by molar-refractivity contribution is 7.89. The number of ether oxygens (including phenoxy) is 1. The van der Waals surface area contributed by atoms with E-state index in [1.54, 1.807) is 24.5 Å². The van der Waals surface area contributed by atoms with Gasteiger partial charge in [0, 0.05) is 18.9 Å². The number of halogens is 1. The summed E-state index contributed by atoms with van der Waals surface area (Å²) in [5.41, 5.74) is -0.676. The van der Waals surface area contributed by atoms with Crippen LogP contribution in [0.15, 0.2) is 47.6 Å². The predicted molar refractivity (Wildman–Crippen MR) is 85.4 cm³/mol. The first-order chi connectivity index (χ1) is 11.9. The first-order valence-corrected chi connectivity index (χ1v) is 8.91. The third-order valence-electron chi connectivity index (χ3n) is 3.87. The molecular weight excluding hydrogens is 351 g/mol. The van der Waals surface area contributed by atoms with Crippen LogP contribution in [0, 0.1) is 5.82 Å². The van der Waals surface area contributed by atoms with E-state index in [0.717, 1.165) is 18.2 Å². The zero-order valence-electron chi connectivity index (χ0n) is 13.0. The maximum Gasteiger partial charge on any atom is 0.338 e. The first-order valence-electron chi connectivity index (χ1n) is 7.47. The Morgan fingerprint density at radius 3 is 2.68 bits per heavy atom. The minimum atomic E-state index is -3.93. The largest absolute Gasteiger partial charge is 0.489 e. The summed E-state index contributed by atoms with van der Waals surface area (Å²) >= 11 is 0. The van der Waals surface area contributed by atoms with Crippen molar-refractivity contribution in [1.82, 2.24) is 9.29 Å². The number of hydrogen-bond donors (Lipinski definition) is 1. The summed E-state index contributed by atoms with van der Waals surface area (Å²) in [6, 6.07) is 6.10. The molecule has 3 rings (SSSR count). The average molecular weight is 366 g/mol. The van der Waals surface area contributed by atoms with Crippen molar-refractivity contribution in [3.05, 3.63) is 54.1 Å². The van der Waals surface area contributed by atoms with Gasteiger partial charge in [0.25, 0.3) is 0 Å². The quantitative estimate of drug-likeness (QED) is 0.866. The predicted octanol–water partition coefficient (Wildman–Crippen LogP) is 1.76. The van der Waals surface area contributed by atoms with Crippen LogP contribution in [0.1, 0.15) is 16.8 Å². The number of sulfonamides is 1. The van der Waals surface area contributed by atoms with Crippen molar-refractivity contribution in [2.45, 2.75) is 17.4 Å². The number of aromatic carboxylic acids is 1. The van der Waals surface area contributed by atoms with Crippen LogP contribution in [-0.4, -0.2) is 48.0 Å². The number of benzene rings is 1. The Labute approximate surface area is 143 Å². The summed E-state index contributed by atoms with van der Waals surface area (Å²) in [4.78, 5) is 14.6. The number of hydrogen-bond acceptors (Lipinski definition) is 5. The van der Waals surface area contributed by atoms with E-state index < -0.39 is 27.4 Å². The topological polar surface area (TPSA) is 96.8 Å². The van der Waals surface area contributed by atoms with Crippen LogP contribution in [0.5, 0.6) is 5.75 Å². The molecule has 0 unspecified atom stereocenters. The molecule has 1 N–H and O–H groups in total. The number of carbonyl (C=O) groups is 1. The second kappa shape index (κ2) is 6.77. The molecule has 1 fully saturated rings. The number of carboxylic acid groups (broad SMARTS) is 1. The number of carboxylic acids is 1. The molecule has 1 aliphatic rings. The molecule has 0 amide bonds. The van der Waals surface area contributed by atoms with Crippen LogP contribution in [0.4, 0.5) is 4.39 Å². The Bertz CT molecular complexity index is 889. The van der Waals surface area contributed by atoms with Crippen LogP contribution >= 0.6 is 0 Å². The highest BCUT2D eigenvalue weighted by Gasteiger charge is 2.34. The highest BCUT2D eigenvalue weighted by atomic mass is 32.2. The van der Waals surface area contributed by atoms with E-state index in [-0.39, 0.29) is 24.1 Å². The van der Waals surface area contributed by atoms with E-state index in [2.05, 4.69) is 4.98 Å². The van der Waals surface area contributed by atoms with Crippen LogP contribution in [-0.2, 0) is 10.0 Å². The lowest BCUT2D eigenvalue weighted by Gasteiger charge is -2.17. The van der Waals surface area contributed by atoms with Crippen molar-refractivity contribution in [2.75, 3.05) is 13.1 Å². The van der Waals surface area contributed by atoms with Gasteiger partial charge in [0.1, 0.15) is 17.7 Å². The minimum absolute atomic E-state index is 0.129. The molecule has 25 heavy (non-hydrogen) atoms. The van der Waals surface area contributed by atoms with Crippen molar-refractivity contribution in [3.63, 3.8) is 0 Å². The van der Waals surface area contributed by atoms with Gasteiger partial charge in [-0.25, -0.2) is 17.6 Å². The van der Waals surface area contributed by atoms with Crippen LogP contribution in [0.3, 0.4) is 0 Å². The van der Waals surface area contributed by atoms with Gasteiger partial charge >= 0.3 is 5.97 Å². The molecule has 0 saturated carbocycles. The fraction of sp³-hybridized carbons (Fsp3) is 0.250. The van der Waals surface area contributed by atoms with E-state index >= 15 is 0 Å². The summed E-state index contributed by atoms with van der Waals surface area (Å²) in [6.45, 7) is 0.363. The normalized spacial score (nSPS) is 18.2. The Hall–Kier alpha value is -2.52. The van der Waals surface area contributed by atoms with Crippen LogP contribution in [0.2, 0.25) is 0 Å². The van der Waals surface area contributed by atoms with Gasteiger partial charge in [0.15, 0.2) is 0 Å². The van der Waals surface area contributed by atoms with Gasteiger partial charge in [-0.15, -0.1) is 0 Å².